The van der Waals surface area contributed by atoms with Gasteiger partial charge in [-0.25, -0.2) is 0 Å². The van der Waals surface area contributed by atoms with Gasteiger partial charge in [0, 0.05) is 29.0 Å². The van der Waals surface area contributed by atoms with Crippen LogP contribution in [0.1, 0.15) is 58.4 Å². The minimum Gasteiger partial charge on any atom is -0.496 e. The predicted molar refractivity (Wildman–Crippen MR) is 102 cm³/mol. The summed E-state index contributed by atoms with van der Waals surface area (Å²) in [6.45, 7) is 8.44. The molecule has 1 aliphatic carbocycles. The Labute approximate surface area is 156 Å². The summed E-state index contributed by atoms with van der Waals surface area (Å²) in [5.74, 6) is 3.36. The van der Waals surface area contributed by atoms with Crippen LogP contribution in [0.4, 0.5) is 0 Å². The summed E-state index contributed by atoms with van der Waals surface area (Å²) in [6, 6.07) is 3.89. The van der Waals surface area contributed by atoms with Gasteiger partial charge in [-0.3, -0.25) is 4.79 Å². The number of fused-ring (bicyclic) bond motifs is 2. The van der Waals surface area contributed by atoms with E-state index in [9.17, 15) is 4.79 Å². The third kappa shape index (κ3) is 3.10. The lowest BCUT2D eigenvalue weighted by Crippen LogP contribution is -2.47. The second-order valence-corrected chi connectivity index (χ2v) is 8.22. The summed E-state index contributed by atoms with van der Waals surface area (Å²) in [5, 5.41) is 0. The predicted octanol–water partition coefficient (Wildman–Crippen LogP) is 4.91. The fourth-order valence-electron chi connectivity index (χ4n) is 4.47. The zero-order valence-electron chi connectivity index (χ0n) is 16.7. The molecule has 0 amide bonds. The molecule has 0 saturated heterocycles. The molecule has 0 bridgehead atoms. The van der Waals surface area contributed by atoms with Crippen molar-refractivity contribution in [3.05, 3.63) is 29.3 Å². The van der Waals surface area contributed by atoms with Gasteiger partial charge in [-0.15, -0.1) is 0 Å². The molecule has 3 rings (SSSR count). The molecule has 1 aliphatic heterocycles. The van der Waals surface area contributed by atoms with Gasteiger partial charge in [0.25, 0.3) is 0 Å². The Kier molecular flexibility index (Phi) is 5.05. The van der Waals surface area contributed by atoms with Crippen molar-refractivity contribution in [1.29, 1.82) is 0 Å². The number of methoxy groups -OCH3 is 2. The standard InChI is InChI=1S/C22H30O4/c1-13(2)9-17-21-18(25-6)11-16(24-5)12-19(21)26-20-10-15(14(3)23)7-8-22(17,20)4/h10-13,17,20H,7-9H2,1-6H3/t17-,20+,22-/m1/s1. The van der Waals surface area contributed by atoms with E-state index in [1.54, 1.807) is 21.1 Å². The Bertz CT molecular complexity index is 734. The fourth-order valence-corrected chi connectivity index (χ4v) is 4.47. The fraction of sp³-hybridized carbons (Fsp3) is 0.591. The lowest BCUT2D eigenvalue weighted by Gasteiger charge is -2.50. The summed E-state index contributed by atoms with van der Waals surface area (Å²) in [5.41, 5.74) is 1.97. The number of ketones is 1. The normalized spacial score (nSPS) is 27.1. The van der Waals surface area contributed by atoms with Crippen molar-refractivity contribution in [2.24, 2.45) is 11.3 Å². The van der Waals surface area contributed by atoms with Crippen LogP contribution in [0.15, 0.2) is 23.8 Å². The van der Waals surface area contributed by atoms with Crippen LogP contribution in [0.25, 0.3) is 0 Å². The van der Waals surface area contributed by atoms with Crippen LogP contribution in [-0.2, 0) is 4.79 Å². The van der Waals surface area contributed by atoms with Gasteiger partial charge < -0.3 is 14.2 Å². The summed E-state index contributed by atoms with van der Waals surface area (Å²) >= 11 is 0. The topological polar surface area (TPSA) is 44.8 Å². The Hall–Kier alpha value is -1.97. The van der Waals surface area contributed by atoms with Crippen LogP contribution in [-0.4, -0.2) is 26.1 Å². The highest BCUT2D eigenvalue weighted by atomic mass is 16.5. The molecule has 3 atom stereocenters. The maximum Gasteiger partial charge on any atom is 0.155 e. The first-order valence-corrected chi connectivity index (χ1v) is 9.44. The van der Waals surface area contributed by atoms with Crippen LogP contribution >= 0.6 is 0 Å². The average molecular weight is 358 g/mol. The van der Waals surface area contributed by atoms with Crippen molar-refractivity contribution in [2.45, 2.75) is 59.0 Å². The van der Waals surface area contributed by atoms with Crippen LogP contribution in [0.3, 0.4) is 0 Å². The molecule has 0 saturated carbocycles. The van der Waals surface area contributed by atoms with E-state index in [0.29, 0.717) is 11.8 Å². The van der Waals surface area contributed by atoms with Gasteiger partial charge in [-0.1, -0.05) is 20.8 Å². The molecule has 0 unspecified atom stereocenters. The third-order valence-electron chi connectivity index (χ3n) is 6.03. The SMILES string of the molecule is COc1cc(OC)c2c(c1)O[C@H]1C=C(C(C)=O)CC[C@]1(C)[C@@H]2CC(C)C. The molecule has 1 aromatic rings. The number of carbonyl (C=O) groups is 1. The number of hydrogen-bond donors (Lipinski definition) is 0. The van der Waals surface area contributed by atoms with E-state index in [-0.39, 0.29) is 17.3 Å². The van der Waals surface area contributed by atoms with Gasteiger partial charge in [0.15, 0.2) is 5.78 Å². The zero-order chi connectivity index (χ0) is 19.1. The van der Waals surface area contributed by atoms with Crippen molar-refractivity contribution >= 4 is 5.78 Å². The number of benzene rings is 1. The Morgan fingerprint density at radius 2 is 2.04 bits per heavy atom. The van der Waals surface area contributed by atoms with Crippen molar-refractivity contribution in [3.63, 3.8) is 0 Å². The number of allylic oxidation sites excluding steroid dienone is 1. The molecule has 4 nitrogen and oxygen atoms in total. The van der Waals surface area contributed by atoms with E-state index in [0.717, 1.165) is 47.6 Å². The second kappa shape index (κ2) is 6.98. The summed E-state index contributed by atoms with van der Waals surface area (Å²) in [4.78, 5) is 11.9. The maximum absolute atomic E-state index is 11.9. The second-order valence-electron chi connectivity index (χ2n) is 8.22. The first-order chi connectivity index (χ1) is 12.3. The minimum atomic E-state index is -0.108. The van der Waals surface area contributed by atoms with Gasteiger partial charge in [-0.2, -0.15) is 0 Å². The molecule has 0 fully saturated rings. The highest BCUT2D eigenvalue weighted by molar-refractivity contribution is 5.93. The molecule has 0 aromatic heterocycles. The largest absolute Gasteiger partial charge is 0.496 e. The first-order valence-electron chi connectivity index (χ1n) is 9.44. The quantitative estimate of drug-likeness (QED) is 0.750. The number of carbonyl (C=O) groups excluding carboxylic acids is 1. The van der Waals surface area contributed by atoms with E-state index in [4.69, 9.17) is 14.2 Å². The van der Waals surface area contributed by atoms with E-state index in [2.05, 4.69) is 20.8 Å². The zero-order valence-corrected chi connectivity index (χ0v) is 16.7. The van der Waals surface area contributed by atoms with Crippen molar-refractivity contribution in [2.75, 3.05) is 14.2 Å². The monoisotopic (exact) mass is 358 g/mol. The molecule has 4 heteroatoms. The Morgan fingerprint density at radius 3 is 2.62 bits per heavy atom. The number of hydrogen-bond acceptors (Lipinski definition) is 4. The molecule has 0 radical (unpaired) electrons. The third-order valence-corrected chi connectivity index (χ3v) is 6.03. The van der Waals surface area contributed by atoms with Crippen molar-refractivity contribution in [3.8, 4) is 17.2 Å². The van der Waals surface area contributed by atoms with Crippen LogP contribution in [0.5, 0.6) is 17.2 Å². The lowest BCUT2D eigenvalue weighted by molar-refractivity contribution is -0.114. The van der Waals surface area contributed by atoms with Gasteiger partial charge in [0.1, 0.15) is 23.4 Å². The molecule has 2 aliphatic rings. The van der Waals surface area contributed by atoms with E-state index < -0.39 is 0 Å². The Morgan fingerprint density at radius 1 is 1.31 bits per heavy atom. The average Bonchev–Trinajstić information content (AvgIpc) is 2.60. The highest BCUT2D eigenvalue weighted by Gasteiger charge is 2.50. The molecular formula is C22H30O4. The smallest absolute Gasteiger partial charge is 0.155 e. The number of Topliss-reactive ketones (excluding diaryl/α,β-unsaturated/α-hetero) is 1. The molecule has 1 heterocycles. The van der Waals surface area contributed by atoms with Crippen LogP contribution in [0.2, 0.25) is 0 Å². The lowest BCUT2D eigenvalue weighted by atomic mass is 9.60. The highest BCUT2D eigenvalue weighted by Crippen LogP contribution is 2.58. The van der Waals surface area contributed by atoms with E-state index in [1.165, 1.54) is 0 Å². The minimum absolute atomic E-state index is 0.0575. The van der Waals surface area contributed by atoms with Crippen molar-refractivity contribution < 1.29 is 19.0 Å². The van der Waals surface area contributed by atoms with Gasteiger partial charge in [0.05, 0.1) is 14.2 Å². The van der Waals surface area contributed by atoms with Crippen LogP contribution in [0, 0.1) is 11.3 Å². The first kappa shape index (κ1) is 18.8. The van der Waals surface area contributed by atoms with Gasteiger partial charge >= 0.3 is 0 Å². The number of rotatable bonds is 5. The molecule has 142 valence electrons. The van der Waals surface area contributed by atoms with E-state index >= 15 is 0 Å². The molecule has 0 N–H and O–H groups in total. The summed E-state index contributed by atoms with van der Waals surface area (Å²) in [7, 11) is 3.35. The Balaban J connectivity index is 2.17. The summed E-state index contributed by atoms with van der Waals surface area (Å²) < 4.78 is 17.6. The molecule has 1 aromatic carbocycles. The van der Waals surface area contributed by atoms with E-state index in [1.807, 2.05) is 18.2 Å². The molecular weight excluding hydrogens is 328 g/mol. The molecule has 0 spiro atoms. The molecule has 26 heavy (non-hydrogen) atoms. The van der Waals surface area contributed by atoms with Gasteiger partial charge in [0.2, 0.25) is 0 Å². The maximum atomic E-state index is 11.9. The van der Waals surface area contributed by atoms with Crippen molar-refractivity contribution in [1.82, 2.24) is 0 Å². The van der Waals surface area contributed by atoms with Gasteiger partial charge in [-0.05, 0) is 43.8 Å². The summed E-state index contributed by atoms with van der Waals surface area (Å²) in [6.07, 6.45) is 4.75. The number of ether oxygens (including phenoxy) is 3. The van der Waals surface area contributed by atoms with Crippen LogP contribution < -0.4 is 14.2 Å².